The minimum absolute atomic E-state index is 0.0130. The first kappa shape index (κ1) is 21.2. The first-order valence-electron chi connectivity index (χ1n) is 11.4. The third-order valence-electron chi connectivity index (χ3n) is 6.25. The largest absolute Gasteiger partial charge is 0.484 e. The maximum absolute atomic E-state index is 12.6. The summed E-state index contributed by atoms with van der Waals surface area (Å²) in [5.74, 6) is 0.565. The summed E-state index contributed by atoms with van der Waals surface area (Å²) in [6.45, 7) is 2.30. The van der Waals surface area contributed by atoms with E-state index in [1.807, 2.05) is 48.7 Å². The van der Waals surface area contributed by atoms with Gasteiger partial charge < -0.3 is 10.1 Å². The normalized spacial score (nSPS) is 14.4. The molecule has 0 saturated carbocycles. The number of hydrogen-bond acceptors (Lipinski definition) is 4. The van der Waals surface area contributed by atoms with Gasteiger partial charge in [0.2, 0.25) is 0 Å². The zero-order valence-corrected chi connectivity index (χ0v) is 18.5. The van der Waals surface area contributed by atoms with Crippen molar-refractivity contribution in [3.63, 3.8) is 0 Å². The number of rotatable bonds is 7. The average molecular weight is 438 g/mol. The van der Waals surface area contributed by atoms with Crippen molar-refractivity contribution in [1.29, 1.82) is 0 Å². The summed E-state index contributed by atoms with van der Waals surface area (Å²) >= 11 is 0. The van der Waals surface area contributed by atoms with Gasteiger partial charge in [-0.1, -0.05) is 60.7 Å². The molecule has 1 amide bonds. The zero-order valence-electron chi connectivity index (χ0n) is 18.5. The van der Waals surface area contributed by atoms with E-state index in [0.29, 0.717) is 12.3 Å². The fraction of sp³-hybridized carbons (Fsp3) is 0.214. The van der Waals surface area contributed by atoms with Gasteiger partial charge in [0.15, 0.2) is 6.61 Å². The zero-order chi connectivity index (χ0) is 22.5. The summed E-state index contributed by atoms with van der Waals surface area (Å²) in [5.41, 5.74) is 3.86. The number of ether oxygens (including phenoxy) is 1. The Balaban J connectivity index is 1.23. The second-order valence-electron chi connectivity index (χ2n) is 8.39. The molecule has 5 nitrogen and oxygen atoms in total. The number of fused-ring (bicyclic) bond motifs is 2. The molecule has 3 aromatic carbocycles. The average Bonchev–Trinajstić information content (AvgIpc) is 2.88. The Morgan fingerprint density at radius 1 is 0.970 bits per heavy atom. The standard InChI is InChI=1S/C28H27N3O2/c32-28(20-33-26-12-11-21-6-1-3-8-23(21)16-26)30-18-27(24-10-5-14-29-17-24)31-15-13-22-7-2-4-9-25(22)19-31/h1-12,14,16-17,27H,13,15,18-20H2,(H,30,32). The van der Waals surface area contributed by atoms with E-state index in [1.165, 1.54) is 11.1 Å². The van der Waals surface area contributed by atoms with Crippen molar-refractivity contribution in [3.8, 4) is 5.75 Å². The SMILES string of the molecule is O=C(COc1ccc2ccccc2c1)NCC(c1cccnc1)N1CCc2ccccc2C1. The van der Waals surface area contributed by atoms with E-state index in [1.54, 1.807) is 6.20 Å². The summed E-state index contributed by atoms with van der Waals surface area (Å²) < 4.78 is 5.77. The van der Waals surface area contributed by atoms with Crippen molar-refractivity contribution >= 4 is 16.7 Å². The highest BCUT2D eigenvalue weighted by Crippen LogP contribution is 2.27. The van der Waals surface area contributed by atoms with E-state index in [-0.39, 0.29) is 18.6 Å². The molecule has 4 aromatic rings. The fourth-order valence-electron chi connectivity index (χ4n) is 4.48. The van der Waals surface area contributed by atoms with Gasteiger partial charge in [-0.05, 0) is 52.1 Å². The number of amides is 1. The van der Waals surface area contributed by atoms with Crippen molar-refractivity contribution < 1.29 is 9.53 Å². The number of nitrogens with one attached hydrogen (secondary N) is 1. The lowest BCUT2D eigenvalue weighted by Crippen LogP contribution is -2.41. The first-order valence-corrected chi connectivity index (χ1v) is 11.4. The first-order chi connectivity index (χ1) is 16.3. The van der Waals surface area contributed by atoms with E-state index < -0.39 is 0 Å². The van der Waals surface area contributed by atoms with Gasteiger partial charge in [-0.2, -0.15) is 0 Å². The van der Waals surface area contributed by atoms with Gasteiger partial charge in [0.1, 0.15) is 5.75 Å². The third kappa shape index (κ3) is 5.04. The molecular formula is C28H27N3O2. The molecule has 1 aliphatic rings. The molecule has 5 rings (SSSR count). The van der Waals surface area contributed by atoms with Crippen molar-refractivity contribution in [3.05, 3.63) is 108 Å². The number of carbonyl (C=O) groups excluding carboxylic acids is 1. The number of aromatic nitrogens is 1. The lowest BCUT2D eigenvalue weighted by atomic mass is 9.97. The van der Waals surface area contributed by atoms with Gasteiger partial charge in [0.25, 0.3) is 5.91 Å². The van der Waals surface area contributed by atoms with Crippen LogP contribution in [-0.4, -0.2) is 35.5 Å². The van der Waals surface area contributed by atoms with Crippen LogP contribution in [0.15, 0.2) is 91.3 Å². The number of hydrogen-bond donors (Lipinski definition) is 1. The highest BCUT2D eigenvalue weighted by Gasteiger charge is 2.25. The van der Waals surface area contributed by atoms with Gasteiger partial charge in [0, 0.05) is 32.0 Å². The molecule has 166 valence electrons. The summed E-state index contributed by atoms with van der Waals surface area (Å²) in [7, 11) is 0. The van der Waals surface area contributed by atoms with E-state index in [9.17, 15) is 4.79 Å². The highest BCUT2D eigenvalue weighted by atomic mass is 16.5. The summed E-state index contributed by atoms with van der Waals surface area (Å²) in [4.78, 5) is 19.4. The topological polar surface area (TPSA) is 54.5 Å². The molecule has 5 heteroatoms. The molecule has 2 heterocycles. The Labute approximate surface area is 194 Å². The molecule has 33 heavy (non-hydrogen) atoms. The van der Waals surface area contributed by atoms with E-state index in [2.05, 4.69) is 51.6 Å². The smallest absolute Gasteiger partial charge is 0.258 e. The second kappa shape index (κ2) is 9.84. The Bertz CT molecular complexity index is 1240. The molecule has 0 saturated heterocycles. The summed E-state index contributed by atoms with van der Waals surface area (Å²) in [6, 6.07) is 26.6. The Kier molecular flexibility index (Phi) is 6.31. The number of benzene rings is 3. The predicted octanol–water partition coefficient (Wildman–Crippen LogP) is 4.53. The molecular weight excluding hydrogens is 410 g/mol. The lowest BCUT2D eigenvalue weighted by Gasteiger charge is -2.36. The van der Waals surface area contributed by atoms with Gasteiger partial charge in [-0.15, -0.1) is 0 Å². The highest BCUT2D eigenvalue weighted by molar-refractivity contribution is 5.84. The summed E-state index contributed by atoms with van der Waals surface area (Å²) in [6.07, 6.45) is 4.68. The second-order valence-corrected chi connectivity index (χ2v) is 8.39. The minimum atomic E-state index is -0.130. The van der Waals surface area contributed by atoms with Crippen LogP contribution < -0.4 is 10.1 Å². The van der Waals surface area contributed by atoms with Crippen molar-refractivity contribution in [2.24, 2.45) is 0 Å². The van der Waals surface area contributed by atoms with Crippen LogP contribution in [0.5, 0.6) is 5.75 Å². The molecule has 0 aliphatic carbocycles. The summed E-state index contributed by atoms with van der Waals surface area (Å²) in [5, 5.41) is 5.32. The molecule has 1 aliphatic heterocycles. The quantitative estimate of drug-likeness (QED) is 0.462. The fourth-order valence-corrected chi connectivity index (χ4v) is 4.48. The van der Waals surface area contributed by atoms with Crippen LogP contribution in [0, 0.1) is 0 Å². The molecule has 1 unspecified atom stereocenters. The Hall–Kier alpha value is -3.70. The molecule has 1 aromatic heterocycles. The van der Waals surface area contributed by atoms with Crippen molar-refractivity contribution in [2.75, 3.05) is 19.7 Å². The molecule has 0 spiro atoms. The number of nitrogens with zero attached hydrogens (tertiary/aromatic N) is 2. The van der Waals surface area contributed by atoms with Crippen LogP contribution in [0.1, 0.15) is 22.7 Å². The minimum Gasteiger partial charge on any atom is -0.484 e. The van der Waals surface area contributed by atoms with Gasteiger partial charge in [0.05, 0.1) is 6.04 Å². The van der Waals surface area contributed by atoms with Gasteiger partial charge >= 0.3 is 0 Å². The molecule has 0 bridgehead atoms. The third-order valence-corrected chi connectivity index (χ3v) is 6.25. The van der Waals surface area contributed by atoms with Crippen LogP contribution in [0.2, 0.25) is 0 Å². The van der Waals surface area contributed by atoms with Crippen LogP contribution in [0.25, 0.3) is 10.8 Å². The van der Waals surface area contributed by atoms with Crippen molar-refractivity contribution in [2.45, 2.75) is 19.0 Å². The Morgan fingerprint density at radius 3 is 2.64 bits per heavy atom. The maximum Gasteiger partial charge on any atom is 0.258 e. The number of carbonyl (C=O) groups is 1. The van der Waals surface area contributed by atoms with E-state index in [0.717, 1.165) is 35.8 Å². The monoisotopic (exact) mass is 437 g/mol. The predicted molar refractivity (Wildman–Crippen MR) is 130 cm³/mol. The van der Waals surface area contributed by atoms with Crippen LogP contribution in [-0.2, 0) is 17.8 Å². The van der Waals surface area contributed by atoms with E-state index >= 15 is 0 Å². The van der Waals surface area contributed by atoms with Crippen LogP contribution >= 0.6 is 0 Å². The lowest BCUT2D eigenvalue weighted by molar-refractivity contribution is -0.123. The van der Waals surface area contributed by atoms with Crippen LogP contribution in [0.3, 0.4) is 0 Å². The molecule has 1 N–H and O–H groups in total. The maximum atomic E-state index is 12.6. The number of pyridine rings is 1. The van der Waals surface area contributed by atoms with Crippen molar-refractivity contribution in [1.82, 2.24) is 15.2 Å². The van der Waals surface area contributed by atoms with Crippen LogP contribution in [0.4, 0.5) is 0 Å². The Morgan fingerprint density at radius 2 is 1.79 bits per heavy atom. The molecule has 0 fully saturated rings. The van der Waals surface area contributed by atoms with E-state index in [4.69, 9.17) is 4.74 Å². The molecule has 1 atom stereocenters. The molecule has 0 radical (unpaired) electrons. The van der Waals surface area contributed by atoms with Gasteiger partial charge in [-0.3, -0.25) is 14.7 Å². The van der Waals surface area contributed by atoms with Gasteiger partial charge in [-0.25, -0.2) is 0 Å².